The van der Waals surface area contributed by atoms with Gasteiger partial charge < -0.3 is 5.32 Å². The summed E-state index contributed by atoms with van der Waals surface area (Å²) in [6, 6.07) is 1.95. The van der Waals surface area contributed by atoms with Crippen LogP contribution in [-0.2, 0) is 0 Å². The van der Waals surface area contributed by atoms with Gasteiger partial charge in [0.1, 0.15) is 17.2 Å². The van der Waals surface area contributed by atoms with Gasteiger partial charge in [0.15, 0.2) is 0 Å². The van der Waals surface area contributed by atoms with Gasteiger partial charge in [0.25, 0.3) is 0 Å². The minimum atomic E-state index is 0.849. The Balaban J connectivity index is 2.28. The van der Waals surface area contributed by atoms with E-state index < -0.39 is 0 Å². The van der Waals surface area contributed by atoms with E-state index in [0.717, 1.165) is 36.7 Å². The molecule has 0 fully saturated rings. The van der Waals surface area contributed by atoms with Crippen molar-refractivity contribution in [2.75, 3.05) is 18.1 Å². The largest absolute Gasteiger partial charge is 0.370 e. The van der Waals surface area contributed by atoms with Crippen molar-refractivity contribution in [2.45, 2.75) is 24.3 Å². The summed E-state index contributed by atoms with van der Waals surface area (Å²) in [6.45, 7) is 0.909. The summed E-state index contributed by atoms with van der Waals surface area (Å²) in [5, 5.41) is 4.23. The number of anilines is 1. The molecule has 0 saturated heterocycles. The van der Waals surface area contributed by atoms with Crippen LogP contribution in [0.25, 0.3) is 0 Å². The normalized spacial score (nSPS) is 9.60. The Morgan fingerprint density at radius 1 is 1.47 bits per heavy atom. The number of rotatable bonds is 6. The Kier molecular flexibility index (Phi) is 5.64. The molecule has 0 radical (unpaired) electrons. The van der Waals surface area contributed by atoms with Crippen LogP contribution < -0.4 is 5.32 Å². The highest BCUT2D eigenvalue weighted by atomic mass is 32.2. The van der Waals surface area contributed by atoms with Crippen LogP contribution in [0, 0.1) is 12.3 Å². The third-order valence-electron chi connectivity index (χ3n) is 1.91. The lowest BCUT2D eigenvalue weighted by atomic mass is 10.2. The average Bonchev–Trinajstić information content (AvgIpc) is 2.29. The Bertz CT molecular complexity index is 333. The van der Waals surface area contributed by atoms with Gasteiger partial charge in [-0.1, -0.05) is 0 Å². The van der Waals surface area contributed by atoms with Crippen LogP contribution in [0.2, 0.25) is 0 Å². The van der Waals surface area contributed by atoms with Crippen molar-refractivity contribution in [2.24, 2.45) is 0 Å². The first-order valence-electron chi connectivity index (χ1n) is 4.90. The molecule has 0 aromatic carbocycles. The van der Waals surface area contributed by atoms with Crippen molar-refractivity contribution in [3.8, 4) is 12.3 Å². The van der Waals surface area contributed by atoms with Gasteiger partial charge >= 0.3 is 0 Å². The van der Waals surface area contributed by atoms with Crippen LogP contribution in [-0.4, -0.2) is 22.8 Å². The summed E-state index contributed by atoms with van der Waals surface area (Å²) in [5.41, 5.74) is 0. The highest BCUT2D eigenvalue weighted by Gasteiger charge is 1.96. The Labute approximate surface area is 95.1 Å². The molecule has 0 aliphatic heterocycles. The molecule has 0 saturated carbocycles. The molecule has 1 heterocycles. The number of hydrogen-bond acceptors (Lipinski definition) is 4. The molecule has 1 N–H and O–H groups in total. The summed E-state index contributed by atoms with van der Waals surface area (Å²) in [4.78, 5) is 8.23. The van der Waals surface area contributed by atoms with E-state index in [2.05, 4.69) is 21.2 Å². The molecular weight excluding hydrogens is 206 g/mol. The zero-order valence-electron chi connectivity index (χ0n) is 8.86. The molecule has 0 bridgehead atoms. The summed E-state index contributed by atoms with van der Waals surface area (Å²) in [5.74, 6) is 3.51. The van der Waals surface area contributed by atoms with Crippen molar-refractivity contribution in [1.29, 1.82) is 0 Å². The maximum absolute atomic E-state index is 5.17. The number of hydrogen-bond donors (Lipinski definition) is 1. The van der Waals surface area contributed by atoms with Gasteiger partial charge in [0.05, 0.1) is 0 Å². The van der Waals surface area contributed by atoms with E-state index in [4.69, 9.17) is 6.42 Å². The smallest absolute Gasteiger partial charge is 0.130 e. The fourth-order valence-corrected chi connectivity index (χ4v) is 1.50. The average molecular weight is 221 g/mol. The van der Waals surface area contributed by atoms with E-state index in [1.165, 1.54) is 0 Å². The van der Waals surface area contributed by atoms with E-state index in [1.807, 2.05) is 12.3 Å². The number of thioether (sulfide) groups is 1. The minimum Gasteiger partial charge on any atom is -0.370 e. The van der Waals surface area contributed by atoms with Crippen molar-refractivity contribution in [3.63, 3.8) is 0 Å². The number of aromatic nitrogens is 2. The maximum atomic E-state index is 5.17. The highest BCUT2D eigenvalue weighted by Crippen LogP contribution is 2.13. The summed E-state index contributed by atoms with van der Waals surface area (Å²) in [6.07, 6.45) is 11.7. The SMILES string of the molecule is C#CCCCCNc1cc(SC)ncn1. The topological polar surface area (TPSA) is 37.8 Å². The second-order valence-corrected chi connectivity index (χ2v) is 3.86. The monoisotopic (exact) mass is 221 g/mol. The predicted octanol–water partition coefficient (Wildman–Crippen LogP) is 2.41. The Morgan fingerprint density at radius 2 is 2.33 bits per heavy atom. The lowest BCUT2D eigenvalue weighted by Gasteiger charge is -2.04. The van der Waals surface area contributed by atoms with Crippen LogP contribution >= 0.6 is 11.8 Å². The Hall–Kier alpha value is -1.21. The minimum absolute atomic E-state index is 0.849. The molecule has 0 aliphatic carbocycles. The zero-order chi connectivity index (χ0) is 10.9. The first kappa shape index (κ1) is 11.9. The van der Waals surface area contributed by atoms with Gasteiger partial charge in [0, 0.05) is 19.0 Å². The molecule has 3 nitrogen and oxygen atoms in total. The number of terminal acetylenes is 1. The second-order valence-electron chi connectivity index (χ2n) is 3.03. The fraction of sp³-hybridized carbons (Fsp3) is 0.455. The van der Waals surface area contributed by atoms with Crippen LogP contribution in [0.5, 0.6) is 0 Å². The lowest BCUT2D eigenvalue weighted by molar-refractivity contribution is 0.786. The summed E-state index contributed by atoms with van der Waals surface area (Å²) in [7, 11) is 0. The van der Waals surface area contributed by atoms with Gasteiger partial charge in [-0.25, -0.2) is 9.97 Å². The van der Waals surface area contributed by atoms with Crippen LogP contribution in [0.3, 0.4) is 0 Å². The zero-order valence-corrected chi connectivity index (χ0v) is 9.68. The van der Waals surface area contributed by atoms with E-state index in [-0.39, 0.29) is 0 Å². The molecule has 1 aromatic heterocycles. The molecule has 0 atom stereocenters. The van der Waals surface area contributed by atoms with Crippen molar-refractivity contribution >= 4 is 17.6 Å². The first-order valence-corrected chi connectivity index (χ1v) is 6.12. The third-order valence-corrected chi connectivity index (χ3v) is 2.55. The predicted molar refractivity (Wildman–Crippen MR) is 65.0 cm³/mol. The molecule has 0 unspecified atom stereocenters. The molecule has 80 valence electrons. The van der Waals surface area contributed by atoms with E-state index in [9.17, 15) is 0 Å². The van der Waals surface area contributed by atoms with Gasteiger partial charge in [-0.3, -0.25) is 0 Å². The lowest BCUT2D eigenvalue weighted by Crippen LogP contribution is -2.03. The van der Waals surface area contributed by atoms with Gasteiger partial charge in [-0.05, 0) is 19.1 Å². The molecule has 0 aliphatic rings. The Morgan fingerprint density at radius 3 is 3.07 bits per heavy atom. The van der Waals surface area contributed by atoms with E-state index in [0.29, 0.717) is 0 Å². The molecular formula is C11H15N3S. The van der Waals surface area contributed by atoms with E-state index in [1.54, 1.807) is 18.1 Å². The quantitative estimate of drug-likeness (QED) is 0.346. The molecule has 0 amide bonds. The highest BCUT2D eigenvalue weighted by molar-refractivity contribution is 7.98. The third kappa shape index (κ3) is 4.71. The number of nitrogens with one attached hydrogen (secondary N) is 1. The summed E-state index contributed by atoms with van der Waals surface area (Å²) < 4.78 is 0. The molecule has 1 aromatic rings. The van der Waals surface area contributed by atoms with Gasteiger partial charge in [-0.2, -0.15) is 0 Å². The molecule has 0 spiro atoms. The standard InChI is InChI=1S/C11H15N3S/c1-3-4-5-6-7-12-10-8-11(15-2)14-9-13-10/h1,8-9H,4-7H2,2H3,(H,12,13,14). The van der Waals surface area contributed by atoms with Crippen molar-refractivity contribution in [3.05, 3.63) is 12.4 Å². The second kappa shape index (κ2) is 7.13. The number of nitrogens with zero attached hydrogens (tertiary/aromatic N) is 2. The van der Waals surface area contributed by atoms with Crippen LogP contribution in [0.4, 0.5) is 5.82 Å². The van der Waals surface area contributed by atoms with Gasteiger partial charge in [0.2, 0.25) is 0 Å². The maximum Gasteiger partial charge on any atom is 0.130 e. The molecule has 15 heavy (non-hydrogen) atoms. The number of unbranched alkanes of at least 4 members (excludes halogenated alkanes) is 2. The summed E-state index contributed by atoms with van der Waals surface area (Å²) >= 11 is 1.61. The molecule has 1 rings (SSSR count). The van der Waals surface area contributed by atoms with Crippen molar-refractivity contribution in [1.82, 2.24) is 9.97 Å². The van der Waals surface area contributed by atoms with E-state index >= 15 is 0 Å². The van der Waals surface area contributed by atoms with Gasteiger partial charge in [-0.15, -0.1) is 24.1 Å². The van der Waals surface area contributed by atoms with Crippen LogP contribution in [0.15, 0.2) is 17.4 Å². The fourth-order valence-electron chi connectivity index (χ4n) is 1.12. The van der Waals surface area contributed by atoms with Crippen LogP contribution in [0.1, 0.15) is 19.3 Å². The van der Waals surface area contributed by atoms with Crippen molar-refractivity contribution < 1.29 is 0 Å². The molecule has 4 heteroatoms. The first-order chi connectivity index (χ1) is 7.36.